The molecule has 1 fully saturated rings. The summed E-state index contributed by atoms with van der Waals surface area (Å²) in [5, 5.41) is 14.4. The predicted octanol–water partition coefficient (Wildman–Crippen LogP) is 20.1. The molecular formula is C64H52BrCl5F10N6O6S3. The highest BCUT2D eigenvalue weighted by atomic mass is 79.9. The van der Waals surface area contributed by atoms with Crippen LogP contribution < -0.4 is 4.18 Å². The van der Waals surface area contributed by atoms with E-state index in [2.05, 4.69) is 122 Å². The molecule has 95 heavy (non-hydrogen) atoms. The molecule has 1 aliphatic rings. The van der Waals surface area contributed by atoms with Gasteiger partial charge in [-0.3, -0.25) is 4.79 Å². The van der Waals surface area contributed by atoms with E-state index in [1.165, 1.54) is 67.8 Å². The average molecular weight is 1540 g/mol. The van der Waals surface area contributed by atoms with Crippen LogP contribution in [0.5, 0.6) is 11.5 Å². The number of carbonyl (C=O) groups excluding carboxylic acids is 2. The van der Waals surface area contributed by atoms with E-state index < -0.39 is 102 Å². The number of phenols is 1. The second-order valence-corrected chi connectivity index (χ2v) is 25.1. The monoisotopic (exact) mass is 1540 g/mol. The number of imide groups is 1. The molecule has 0 aliphatic carbocycles. The molecule has 0 unspecified atom stereocenters. The summed E-state index contributed by atoms with van der Waals surface area (Å²) >= 11 is 37.9. The van der Waals surface area contributed by atoms with Gasteiger partial charge in [0.15, 0.2) is 5.75 Å². The van der Waals surface area contributed by atoms with Crippen LogP contribution in [0.25, 0.3) is 32.3 Å². The number of benzene rings is 7. The van der Waals surface area contributed by atoms with Crippen LogP contribution in [0.4, 0.5) is 48.7 Å². The van der Waals surface area contributed by atoms with Gasteiger partial charge in [0.25, 0.3) is 5.91 Å². The van der Waals surface area contributed by atoms with Crippen LogP contribution in [0.15, 0.2) is 166 Å². The maximum absolute atomic E-state index is 13.6. The fourth-order valence-electron chi connectivity index (χ4n) is 7.73. The third-order valence-electron chi connectivity index (χ3n) is 13.0. The van der Waals surface area contributed by atoms with Crippen molar-refractivity contribution in [2.45, 2.75) is 61.5 Å². The first kappa shape index (κ1) is 78.8. The minimum atomic E-state index is -4.91. The molecule has 4 heterocycles. The molecule has 10 aromatic rings. The molecule has 11 rings (SSSR count). The Hall–Kier alpha value is -6.85. The number of nitrogens with zero attached hydrogens (tertiary/aromatic N) is 6. The normalized spacial score (nSPS) is 12.2. The third kappa shape index (κ3) is 20.8. The number of pyridine rings is 3. The van der Waals surface area contributed by atoms with Crippen LogP contribution in [-0.4, -0.2) is 79.3 Å². The topological polar surface area (TPSA) is 146 Å². The number of amides is 3. The summed E-state index contributed by atoms with van der Waals surface area (Å²) < 4.78 is 158. The molecule has 0 radical (unpaired) electrons. The molecular weight excluding hydrogens is 1490 g/mol. The molecule has 3 amide bonds. The lowest BCUT2D eigenvalue weighted by atomic mass is 10.1. The van der Waals surface area contributed by atoms with E-state index in [-0.39, 0.29) is 5.15 Å². The van der Waals surface area contributed by atoms with Crippen molar-refractivity contribution in [2.24, 2.45) is 0 Å². The minimum Gasteiger partial charge on any atom is -0.503 e. The first-order chi connectivity index (χ1) is 44.9. The van der Waals surface area contributed by atoms with Gasteiger partial charge in [0.05, 0.1) is 0 Å². The molecule has 31 heteroatoms. The smallest absolute Gasteiger partial charge is 0.357 e. The lowest BCUT2D eigenvalue weighted by Crippen LogP contribution is -2.38. The number of thioether (sulfide) groups is 1. The second-order valence-electron chi connectivity index (χ2n) is 19.5. The van der Waals surface area contributed by atoms with Crippen molar-refractivity contribution in [1.29, 1.82) is 0 Å². The summed E-state index contributed by atoms with van der Waals surface area (Å²) in [5.74, 6) is -25.5. The minimum absolute atomic E-state index is 0.0760. The van der Waals surface area contributed by atoms with Crippen LogP contribution in [0.1, 0.15) is 45.7 Å². The van der Waals surface area contributed by atoms with Crippen LogP contribution in [-0.2, 0) is 26.4 Å². The predicted molar refractivity (Wildman–Crippen MR) is 358 cm³/mol. The number of halogens is 16. The van der Waals surface area contributed by atoms with Gasteiger partial charge in [0.1, 0.15) is 25.9 Å². The van der Waals surface area contributed by atoms with Crippen LogP contribution in [0.3, 0.4) is 0 Å². The quantitative estimate of drug-likeness (QED) is 0.0155. The molecule has 0 spiro atoms. The molecule has 1 aliphatic heterocycles. The molecule has 1 saturated heterocycles. The second kappa shape index (κ2) is 36.5. The number of urea groups is 1. The van der Waals surface area contributed by atoms with Crippen molar-refractivity contribution in [3.05, 3.63) is 241 Å². The number of rotatable bonds is 10. The summed E-state index contributed by atoms with van der Waals surface area (Å²) in [6.45, 7) is 13.2. The van der Waals surface area contributed by atoms with Crippen molar-refractivity contribution < 1.29 is 71.2 Å². The van der Waals surface area contributed by atoms with E-state index in [1.807, 2.05) is 72.4 Å². The van der Waals surface area contributed by atoms with Gasteiger partial charge in [0.2, 0.25) is 63.9 Å². The van der Waals surface area contributed by atoms with Gasteiger partial charge in [-0.05, 0) is 121 Å². The van der Waals surface area contributed by atoms with Crippen molar-refractivity contribution in [1.82, 2.24) is 28.7 Å². The zero-order valence-corrected chi connectivity index (χ0v) is 57.8. The highest BCUT2D eigenvalue weighted by molar-refractivity contribution is 9.10. The Labute approximate surface area is 582 Å². The van der Waals surface area contributed by atoms with Gasteiger partial charge >= 0.3 is 16.1 Å². The Kier molecular flexibility index (Phi) is 30.3. The SMILES string of the molecule is CC1(C)C(=O)N(Cl)C(=O)N1Cl.CCN(CC)CC.Clc1nccc2cc(Br)ccc12.Clc1nccc2cc(SCc3ccccc3)ccc12.O=S(=O)(Oc1c(F)c(F)c(F)c(F)c1F)c1ccc2c(Cl)nccc2c1.Oc1c(F)c(F)c(F)c(F)c1F.SCc1ccccc1. The zero-order valence-electron chi connectivity index (χ0n) is 50.0. The van der Waals surface area contributed by atoms with E-state index in [0.717, 1.165) is 54.1 Å². The third-order valence-corrected chi connectivity index (χ3v) is 17.9. The number of hydrogen-bond acceptors (Lipinski definition) is 12. The maximum Gasteiger partial charge on any atom is 0.357 e. The van der Waals surface area contributed by atoms with Crippen LogP contribution in [0.2, 0.25) is 15.5 Å². The molecule has 1 N–H and O–H groups in total. The molecule has 0 atom stereocenters. The number of hydrogen-bond donors (Lipinski definition) is 2. The van der Waals surface area contributed by atoms with Crippen molar-refractivity contribution in [3.63, 3.8) is 0 Å². The number of phenolic OH excluding ortho intramolecular Hbond substituents is 1. The molecule has 0 saturated carbocycles. The standard InChI is InChI=1S/C16H12ClNS.C15H5ClF5NO3S.C9H5BrClN.C7H8S.C6HF5O.C6H15N.C5H6Cl2N2O2/c17-16-15-7-6-14(10-13(15)8-9-18-16)19-11-12-4-2-1-3-5-12;16-15-8-2-1-7(5-6(8)3-4-22-15)26(23,24)25-14-12(20)10(18)9(17)11(19)13(14)21;10-7-1-2-8-6(5-7)3-4-12-9(8)11;8-6-7-4-2-1-3-5-7;7-1-2(8)4(10)6(12)5(11)3(1)9;1-4-7(5-2)6-3;1-5(2)3(10)8(6)4(11)9(5)7/h1-10H,11H2;1-5H;1-5H;1-5,8H,6H2;12H;4-6H2,1-3H3;1-2H3. The van der Waals surface area contributed by atoms with Crippen molar-refractivity contribution in [2.75, 3.05) is 19.6 Å². The summed E-state index contributed by atoms with van der Waals surface area (Å²) in [5.41, 5.74) is 1.57. The van der Waals surface area contributed by atoms with E-state index >= 15 is 0 Å². The molecule has 504 valence electrons. The molecule has 7 aromatic carbocycles. The Morgan fingerprint density at radius 3 is 1.36 bits per heavy atom. The fourth-order valence-corrected chi connectivity index (χ4v) is 11.3. The van der Waals surface area contributed by atoms with Crippen molar-refractivity contribution in [3.8, 4) is 11.5 Å². The van der Waals surface area contributed by atoms with Gasteiger partial charge in [-0.2, -0.15) is 43.0 Å². The summed E-state index contributed by atoms with van der Waals surface area (Å²) in [7, 11) is -4.91. The van der Waals surface area contributed by atoms with Gasteiger partial charge < -0.3 is 14.2 Å². The Balaban J connectivity index is 0.000000210. The van der Waals surface area contributed by atoms with Gasteiger partial charge in [-0.15, -0.1) is 11.8 Å². The van der Waals surface area contributed by atoms with E-state index in [0.29, 0.717) is 25.5 Å². The molecule has 0 bridgehead atoms. The summed E-state index contributed by atoms with van der Waals surface area (Å²) in [6.07, 6.45) is 4.74. The molecule has 3 aromatic heterocycles. The fraction of sp³-hybridized carbons (Fsp3) is 0.172. The zero-order chi connectivity index (χ0) is 70.6. The first-order valence-electron chi connectivity index (χ1n) is 27.4. The number of fused-ring (bicyclic) bond motifs is 3. The largest absolute Gasteiger partial charge is 0.503 e. The maximum atomic E-state index is 13.6. The Morgan fingerprint density at radius 2 is 0.968 bits per heavy atom. The van der Waals surface area contributed by atoms with Crippen LogP contribution in [0, 0.1) is 58.2 Å². The Bertz CT molecular complexity index is 4300. The number of carbonyl (C=O) groups is 2. The average Bonchev–Trinajstić information content (AvgIpc) is 1.58. The van der Waals surface area contributed by atoms with Crippen LogP contribution >= 0.6 is 98.7 Å². The number of aromatic hydroxyl groups is 1. The lowest BCUT2D eigenvalue weighted by molar-refractivity contribution is -0.127. The number of aromatic nitrogens is 3. The Morgan fingerprint density at radius 1 is 0.568 bits per heavy atom. The first-order valence-corrected chi connectivity index (χ1v) is 33.0. The van der Waals surface area contributed by atoms with E-state index in [4.69, 9.17) is 63.5 Å². The van der Waals surface area contributed by atoms with Gasteiger partial charge in [-0.1, -0.05) is 144 Å². The van der Waals surface area contributed by atoms with E-state index in [9.17, 15) is 61.9 Å². The van der Waals surface area contributed by atoms with Gasteiger partial charge in [-0.25, -0.2) is 50.5 Å². The number of thiol groups is 1. The van der Waals surface area contributed by atoms with Crippen molar-refractivity contribution >= 4 is 153 Å². The van der Waals surface area contributed by atoms with E-state index in [1.54, 1.807) is 12.4 Å². The van der Waals surface area contributed by atoms with Gasteiger partial charge in [0, 0.05) is 79.2 Å². The highest BCUT2D eigenvalue weighted by Crippen LogP contribution is 2.35. The lowest BCUT2D eigenvalue weighted by Gasteiger charge is -2.18. The molecule has 12 nitrogen and oxygen atoms in total. The summed E-state index contributed by atoms with van der Waals surface area (Å²) in [6, 6.07) is 40.8. The highest BCUT2D eigenvalue weighted by Gasteiger charge is 2.51. The summed E-state index contributed by atoms with van der Waals surface area (Å²) in [4.78, 5) is 36.9.